The maximum atomic E-state index is 11.8. The van der Waals surface area contributed by atoms with Crippen molar-refractivity contribution in [1.29, 1.82) is 0 Å². The molecule has 10 heteroatoms. The number of imidazole rings is 1. The number of rotatable bonds is 10. The molecule has 8 nitrogen and oxygen atoms in total. The summed E-state index contributed by atoms with van der Waals surface area (Å²) in [6.45, 7) is 14.1. The van der Waals surface area contributed by atoms with Crippen LogP contribution in [-0.2, 0) is 9.39 Å². The van der Waals surface area contributed by atoms with Crippen molar-refractivity contribution in [3.8, 4) is 10.6 Å². The fraction of sp³-hybridized carbons (Fsp3) is 0.667. The smallest absolute Gasteiger partial charge is 0.453 e. The number of hydrogen-bond donors (Lipinski definition) is 3. The lowest BCUT2D eigenvalue weighted by Gasteiger charge is -2.31. The highest BCUT2D eigenvalue weighted by molar-refractivity contribution is 7.25. The molecule has 3 N–H and O–H groups in total. The lowest BCUT2D eigenvalue weighted by atomic mass is 9.84. The van der Waals surface area contributed by atoms with Gasteiger partial charge in [-0.15, -0.1) is 11.3 Å². The molecule has 0 saturated carbocycles. The van der Waals surface area contributed by atoms with Crippen molar-refractivity contribution in [2.45, 2.75) is 72.1 Å². The van der Waals surface area contributed by atoms with E-state index in [1.54, 1.807) is 0 Å². The number of alkyl carbamates (subject to hydrolysis) is 1. The van der Waals surface area contributed by atoms with Crippen LogP contribution in [0, 0.1) is 11.8 Å². The van der Waals surface area contributed by atoms with E-state index in [0.717, 1.165) is 47.1 Å². The number of thiophene rings is 1. The summed E-state index contributed by atoms with van der Waals surface area (Å²) in [7, 11) is 0.432. The predicted molar refractivity (Wildman–Crippen MR) is 137 cm³/mol. The molecule has 34 heavy (non-hydrogen) atoms. The molecule has 0 spiro atoms. The molecule has 1 aliphatic heterocycles. The topological polar surface area (TPSA) is 99.7 Å². The molecule has 2 aromatic heterocycles. The van der Waals surface area contributed by atoms with E-state index in [1.807, 2.05) is 32.2 Å². The summed E-state index contributed by atoms with van der Waals surface area (Å²) in [6, 6.07) is 4.08. The minimum Gasteiger partial charge on any atom is -0.453 e. The van der Waals surface area contributed by atoms with Gasteiger partial charge in [0, 0.05) is 17.4 Å². The maximum absolute atomic E-state index is 11.8. The maximum Gasteiger partial charge on any atom is 0.502 e. The second-order valence-corrected chi connectivity index (χ2v) is 11.4. The van der Waals surface area contributed by atoms with Crippen LogP contribution in [0.2, 0.25) is 0 Å². The molecule has 2 atom stereocenters. The molecule has 1 fully saturated rings. The quantitative estimate of drug-likeness (QED) is 0.439. The largest absolute Gasteiger partial charge is 0.502 e. The van der Waals surface area contributed by atoms with E-state index in [9.17, 15) is 9.82 Å². The number of amides is 1. The van der Waals surface area contributed by atoms with Crippen molar-refractivity contribution in [1.82, 2.24) is 20.2 Å². The number of likely N-dealkylation sites (tertiary alicyclic amines) is 1. The summed E-state index contributed by atoms with van der Waals surface area (Å²) in [5.41, 5.74) is 0.509. The summed E-state index contributed by atoms with van der Waals surface area (Å²) in [5.74, 6) is 1.50. The van der Waals surface area contributed by atoms with Gasteiger partial charge in [-0.2, -0.15) is 0 Å². The Balaban J connectivity index is 1.69. The minimum atomic E-state index is -0.959. The molecule has 1 saturated heterocycles. The van der Waals surface area contributed by atoms with Gasteiger partial charge >= 0.3 is 13.2 Å². The molecule has 2 unspecified atom stereocenters. The van der Waals surface area contributed by atoms with Gasteiger partial charge in [-0.1, -0.05) is 33.8 Å². The zero-order valence-corrected chi connectivity index (χ0v) is 22.2. The Hall–Kier alpha value is -1.88. The van der Waals surface area contributed by atoms with Gasteiger partial charge in [0.05, 0.1) is 35.5 Å². The van der Waals surface area contributed by atoms with E-state index in [-0.39, 0.29) is 23.9 Å². The van der Waals surface area contributed by atoms with Crippen LogP contribution in [0.25, 0.3) is 10.6 Å². The number of H-pyrrole nitrogens is 1. The van der Waals surface area contributed by atoms with Crippen LogP contribution < -0.4 is 10.1 Å². The highest BCUT2D eigenvalue weighted by Crippen LogP contribution is 2.33. The van der Waals surface area contributed by atoms with E-state index in [2.05, 4.69) is 42.9 Å². The van der Waals surface area contributed by atoms with Gasteiger partial charge in [-0.3, -0.25) is 4.90 Å². The fourth-order valence-corrected chi connectivity index (χ4v) is 4.87. The van der Waals surface area contributed by atoms with Gasteiger partial charge in [0.25, 0.3) is 0 Å². The fourth-order valence-electron chi connectivity index (χ4n) is 3.98. The molecular weight excluding hydrogens is 451 g/mol. The Kier molecular flexibility index (Phi) is 8.84. The first-order valence-electron chi connectivity index (χ1n) is 12.1. The number of aromatic amines is 1. The number of carbonyl (C=O) groups is 1. The molecule has 3 rings (SSSR count). The van der Waals surface area contributed by atoms with Gasteiger partial charge in [-0.05, 0) is 51.1 Å². The zero-order valence-electron chi connectivity index (χ0n) is 21.4. The number of aromatic nitrogens is 2. The molecule has 1 amide bonds. The first-order valence-corrected chi connectivity index (χ1v) is 12.9. The molecule has 0 radical (unpaired) electrons. The molecule has 0 bridgehead atoms. The standard InChI is InChI=1S/C24H39BN4O4S/c1-15(2)18(28-23(30)32-7)14-29-12-8-9-19(29)22-26-13-17(27-22)20-10-11-21(34-20)25(31)33-24(5,6)16(3)4/h10-11,13,15-16,18-19,31H,8-9,12,14H2,1-7H3,(H,26,27)(H,28,30). The van der Waals surface area contributed by atoms with Crippen molar-refractivity contribution in [2.24, 2.45) is 11.8 Å². The van der Waals surface area contributed by atoms with Crippen molar-refractivity contribution in [2.75, 3.05) is 20.2 Å². The number of hydrogen-bond acceptors (Lipinski definition) is 7. The van der Waals surface area contributed by atoms with E-state index in [0.29, 0.717) is 0 Å². The lowest BCUT2D eigenvalue weighted by molar-refractivity contribution is 0.0426. The minimum absolute atomic E-state index is 0.00101. The van der Waals surface area contributed by atoms with Crippen LogP contribution in [0.15, 0.2) is 18.3 Å². The summed E-state index contributed by atoms with van der Waals surface area (Å²) in [6.07, 6.45) is 3.57. The van der Waals surface area contributed by atoms with Gasteiger partial charge < -0.3 is 24.7 Å². The number of methoxy groups -OCH3 is 1. The Morgan fingerprint density at radius 2 is 2.12 bits per heavy atom. The number of ether oxygens (including phenoxy) is 1. The summed E-state index contributed by atoms with van der Waals surface area (Å²) < 4.78 is 11.5. The highest BCUT2D eigenvalue weighted by Gasteiger charge is 2.33. The van der Waals surface area contributed by atoms with E-state index in [1.165, 1.54) is 18.4 Å². The van der Waals surface area contributed by atoms with E-state index >= 15 is 0 Å². The van der Waals surface area contributed by atoms with E-state index < -0.39 is 18.8 Å². The summed E-state index contributed by atoms with van der Waals surface area (Å²) >= 11 is 1.51. The third-order valence-electron chi connectivity index (χ3n) is 6.94. The third kappa shape index (κ3) is 6.41. The van der Waals surface area contributed by atoms with Crippen LogP contribution >= 0.6 is 11.3 Å². The Morgan fingerprint density at radius 1 is 1.38 bits per heavy atom. The summed E-state index contributed by atoms with van der Waals surface area (Å²) in [4.78, 5) is 23.4. The third-order valence-corrected chi connectivity index (χ3v) is 8.09. The van der Waals surface area contributed by atoms with Gasteiger partial charge in [0.2, 0.25) is 0 Å². The van der Waals surface area contributed by atoms with Crippen molar-refractivity contribution in [3.05, 3.63) is 24.2 Å². The Labute approximate surface area is 207 Å². The Bertz CT molecular complexity index is 945. The highest BCUT2D eigenvalue weighted by atomic mass is 32.1. The average molecular weight is 490 g/mol. The first kappa shape index (κ1) is 26.7. The Morgan fingerprint density at radius 3 is 2.76 bits per heavy atom. The number of nitrogens with one attached hydrogen (secondary N) is 2. The van der Waals surface area contributed by atoms with Gasteiger partial charge in [-0.25, -0.2) is 9.78 Å². The van der Waals surface area contributed by atoms with Crippen molar-refractivity contribution < 1.29 is 19.2 Å². The number of carbonyl (C=O) groups excluding carboxylic acids is 1. The zero-order chi connectivity index (χ0) is 25.0. The van der Waals surface area contributed by atoms with Gasteiger partial charge in [0.15, 0.2) is 0 Å². The first-order chi connectivity index (χ1) is 16.0. The second kappa shape index (κ2) is 11.2. The van der Waals surface area contributed by atoms with Crippen LogP contribution in [0.5, 0.6) is 0 Å². The van der Waals surface area contributed by atoms with E-state index in [4.69, 9.17) is 14.4 Å². The van der Waals surface area contributed by atoms with Crippen LogP contribution in [-0.4, -0.2) is 64.9 Å². The predicted octanol–water partition coefficient (Wildman–Crippen LogP) is 3.79. The molecular formula is C24H39BN4O4S. The second-order valence-electron chi connectivity index (χ2n) is 10.3. The lowest BCUT2D eigenvalue weighted by Crippen LogP contribution is -2.46. The van der Waals surface area contributed by atoms with Gasteiger partial charge in [0.1, 0.15) is 5.82 Å². The molecule has 1 aliphatic rings. The summed E-state index contributed by atoms with van der Waals surface area (Å²) in [5, 5.41) is 13.6. The van der Waals surface area contributed by atoms with Crippen molar-refractivity contribution in [3.63, 3.8) is 0 Å². The monoisotopic (exact) mass is 490 g/mol. The molecule has 2 aromatic rings. The molecule has 188 valence electrons. The molecule has 3 heterocycles. The van der Waals surface area contributed by atoms with Crippen molar-refractivity contribution >= 4 is 29.3 Å². The van der Waals surface area contributed by atoms with Crippen LogP contribution in [0.1, 0.15) is 66.3 Å². The molecule has 0 aliphatic carbocycles. The SMILES string of the molecule is COC(=O)NC(CN1CCCC1c1ncc(-c2ccc(B(O)OC(C)(C)C(C)C)s2)[nH]1)C(C)C. The normalized spacial score (nSPS) is 18.0. The van der Waals surface area contributed by atoms with Crippen LogP contribution in [0.4, 0.5) is 4.79 Å². The molecule has 0 aromatic carbocycles. The average Bonchev–Trinajstić information content (AvgIpc) is 3.52. The number of nitrogens with zero attached hydrogens (tertiary/aromatic N) is 2. The van der Waals surface area contributed by atoms with Crippen LogP contribution in [0.3, 0.4) is 0 Å².